The van der Waals surface area contributed by atoms with Crippen LogP contribution in [-0.2, 0) is 0 Å². The molecule has 2 aromatic rings. The van der Waals surface area contributed by atoms with Crippen LogP contribution in [0.4, 0.5) is 4.39 Å². The number of aromatic nitrogens is 3. The molecule has 1 amide bonds. The van der Waals surface area contributed by atoms with Crippen LogP contribution in [0.5, 0.6) is 0 Å². The third-order valence-corrected chi connectivity index (χ3v) is 3.61. The van der Waals surface area contributed by atoms with Crippen molar-refractivity contribution in [3.8, 4) is 11.3 Å². The van der Waals surface area contributed by atoms with Crippen LogP contribution >= 0.6 is 45.2 Å². The predicted octanol–water partition coefficient (Wildman–Crippen LogP) is 1.92. The van der Waals surface area contributed by atoms with Crippen molar-refractivity contribution in [2.75, 3.05) is 0 Å². The molecule has 1 heterocycles. The van der Waals surface area contributed by atoms with E-state index in [9.17, 15) is 9.18 Å². The maximum atomic E-state index is 13.5. The molecule has 2 rings (SSSR count). The second kappa shape index (κ2) is 4.84. The molecule has 8 heteroatoms. The van der Waals surface area contributed by atoms with Crippen LogP contribution in [0.3, 0.4) is 0 Å². The van der Waals surface area contributed by atoms with Gasteiger partial charge in [0.25, 0.3) is 5.91 Å². The Morgan fingerprint density at radius 1 is 1.29 bits per heavy atom. The Morgan fingerprint density at radius 3 is 2.41 bits per heavy atom. The van der Waals surface area contributed by atoms with Crippen molar-refractivity contribution in [1.82, 2.24) is 15.4 Å². The number of nitrogens with zero attached hydrogens (tertiary/aromatic N) is 2. The first-order chi connectivity index (χ1) is 8.00. The van der Waals surface area contributed by atoms with Crippen molar-refractivity contribution in [3.05, 3.63) is 30.8 Å². The Morgan fingerprint density at radius 2 is 1.88 bits per heavy atom. The Bertz CT molecular complexity index is 575. The molecule has 0 saturated carbocycles. The summed E-state index contributed by atoms with van der Waals surface area (Å²) in [6, 6.07) is 3.17. The lowest BCUT2D eigenvalue weighted by molar-refractivity contribution is 0.0996. The van der Waals surface area contributed by atoms with Gasteiger partial charge in [-0.25, -0.2) is 4.39 Å². The van der Waals surface area contributed by atoms with E-state index in [4.69, 9.17) is 5.73 Å². The molecule has 3 N–H and O–H groups in total. The molecule has 0 aliphatic rings. The van der Waals surface area contributed by atoms with Gasteiger partial charge in [-0.2, -0.15) is 15.4 Å². The normalized spacial score (nSPS) is 10.5. The SMILES string of the molecule is NC(=O)c1n[nH]nc1-c1cc(I)c(F)c(I)c1. The maximum Gasteiger partial charge on any atom is 0.271 e. The first-order valence-corrected chi connectivity index (χ1v) is 6.52. The summed E-state index contributed by atoms with van der Waals surface area (Å²) in [4.78, 5) is 11.1. The van der Waals surface area contributed by atoms with Crippen LogP contribution in [-0.4, -0.2) is 21.3 Å². The number of amides is 1. The fourth-order valence-electron chi connectivity index (χ4n) is 1.30. The summed E-state index contributed by atoms with van der Waals surface area (Å²) in [5.41, 5.74) is 6.13. The summed E-state index contributed by atoms with van der Waals surface area (Å²) < 4.78 is 14.4. The fourth-order valence-corrected chi connectivity index (χ4v) is 3.06. The molecular weight excluding hydrogens is 453 g/mol. The second-order valence-electron chi connectivity index (χ2n) is 3.14. The molecular formula is C9H5FI2N4O. The molecule has 0 aliphatic carbocycles. The van der Waals surface area contributed by atoms with Gasteiger partial charge in [0.15, 0.2) is 5.69 Å². The summed E-state index contributed by atoms with van der Waals surface area (Å²) in [5, 5.41) is 9.85. The van der Waals surface area contributed by atoms with Gasteiger partial charge in [0.1, 0.15) is 11.5 Å². The molecule has 17 heavy (non-hydrogen) atoms. The largest absolute Gasteiger partial charge is 0.364 e. The predicted molar refractivity (Wildman–Crippen MR) is 75.7 cm³/mol. The number of nitrogens with two attached hydrogens (primary N) is 1. The summed E-state index contributed by atoms with van der Waals surface area (Å²) in [6.07, 6.45) is 0. The molecule has 0 unspecified atom stereocenters. The Labute approximate surface area is 123 Å². The van der Waals surface area contributed by atoms with Crippen molar-refractivity contribution >= 4 is 51.1 Å². The van der Waals surface area contributed by atoms with Gasteiger partial charge in [0.05, 0.1) is 7.14 Å². The quantitative estimate of drug-likeness (QED) is 0.533. The van der Waals surface area contributed by atoms with Crippen molar-refractivity contribution in [1.29, 1.82) is 0 Å². The fraction of sp³-hybridized carbons (Fsp3) is 0. The van der Waals surface area contributed by atoms with Gasteiger partial charge >= 0.3 is 0 Å². The number of benzene rings is 1. The molecule has 0 fully saturated rings. The number of carbonyl (C=O) groups excluding carboxylic acids is 1. The zero-order valence-corrected chi connectivity index (χ0v) is 12.5. The van der Waals surface area contributed by atoms with Crippen molar-refractivity contribution in [2.45, 2.75) is 0 Å². The Hall–Kier alpha value is -0.780. The molecule has 1 aromatic carbocycles. The van der Waals surface area contributed by atoms with Gasteiger partial charge in [-0.1, -0.05) is 0 Å². The zero-order chi connectivity index (χ0) is 12.6. The molecule has 0 atom stereocenters. The number of aromatic amines is 1. The standard InChI is InChI=1S/C9H5FI2N4O/c10-6-4(11)1-3(2-5(6)12)7-8(9(13)17)15-16-14-7/h1-2H,(H2,13,17)(H,14,15,16). The smallest absolute Gasteiger partial charge is 0.271 e. The van der Waals surface area contributed by atoms with Crippen LogP contribution in [0.1, 0.15) is 10.5 Å². The minimum absolute atomic E-state index is 0.0446. The van der Waals surface area contributed by atoms with Crippen molar-refractivity contribution in [2.24, 2.45) is 5.73 Å². The number of hydrogen-bond donors (Lipinski definition) is 2. The topological polar surface area (TPSA) is 84.7 Å². The van der Waals surface area contributed by atoms with Gasteiger partial charge in [0.2, 0.25) is 0 Å². The minimum atomic E-state index is -0.678. The van der Waals surface area contributed by atoms with Crippen LogP contribution in [0.25, 0.3) is 11.3 Å². The number of carbonyl (C=O) groups is 1. The molecule has 0 radical (unpaired) electrons. The van der Waals surface area contributed by atoms with E-state index in [2.05, 4.69) is 15.4 Å². The highest BCUT2D eigenvalue weighted by molar-refractivity contribution is 14.1. The second-order valence-corrected chi connectivity index (χ2v) is 5.46. The summed E-state index contributed by atoms with van der Waals surface area (Å²) in [5.74, 6) is -0.970. The highest BCUT2D eigenvalue weighted by Gasteiger charge is 2.17. The third kappa shape index (κ3) is 2.41. The van der Waals surface area contributed by atoms with E-state index in [1.54, 1.807) is 12.1 Å². The molecule has 0 saturated heterocycles. The van der Waals surface area contributed by atoms with Gasteiger partial charge in [0, 0.05) is 5.56 Å². The average Bonchev–Trinajstić information content (AvgIpc) is 2.74. The summed E-state index contributed by atoms with van der Waals surface area (Å²) in [7, 11) is 0. The lowest BCUT2D eigenvalue weighted by Gasteiger charge is -2.03. The molecule has 0 aliphatic heterocycles. The number of halogens is 3. The molecule has 0 bridgehead atoms. The first kappa shape index (κ1) is 12.7. The zero-order valence-electron chi connectivity index (χ0n) is 8.17. The van der Waals surface area contributed by atoms with Gasteiger partial charge in [-0.15, -0.1) is 0 Å². The van der Waals surface area contributed by atoms with E-state index < -0.39 is 5.91 Å². The Kier molecular flexibility index (Phi) is 3.61. The van der Waals surface area contributed by atoms with E-state index in [0.717, 1.165) is 0 Å². The van der Waals surface area contributed by atoms with E-state index in [-0.39, 0.29) is 11.5 Å². The average molecular weight is 458 g/mol. The third-order valence-electron chi connectivity index (χ3n) is 2.04. The first-order valence-electron chi connectivity index (χ1n) is 4.36. The molecule has 1 aromatic heterocycles. The number of H-pyrrole nitrogens is 1. The van der Waals surface area contributed by atoms with E-state index in [1.165, 1.54) is 0 Å². The van der Waals surface area contributed by atoms with Crippen LogP contribution < -0.4 is 5.73 Å². The Balaban J connectivity index is 2.61. The number of primary amides is 1. The van der Waals surface area contributed by atoms with Gasteiger partial charge in [-0.05, 0) is 57.3 Å². The molecule has 5 nitrogen and oxygen atoms in total. The van der Waals surface area contributed by atoms with Crippen LogP contribution in [0, 0.1) is 13.0 Å². The van der Waals surface area contributed by atoms with E-state index in [0.29, 0.717) is 18.4 Å². The van der Waals surface area contributed by atoms with Gasteiger partial charge < -0.3 is 5.73 Å². The van der Waals surface area contributed by atoms with Crippen LogP contribution in [0.15, 0.2) is 12.1 Å². The van der Waals surface area contributed by atoms with Crippen molar-refractivity contribution in [3.63, 3.8) is 0 Å². The lowest BCUT2D eigenvalue weighted by atomic mass is 10.1. The summed E-state index contributed by atoms with van der Waals surface area (Å²) >= 11 is 3.75. The minimum Gasteiger partial charge on any atom is -0.364 e. The summed E-state index contributed by atoms with van der Waals surface area (Å²) in [6.45, 7) is 0. The van der Waals surface area contributed by atoms with E-state index in [1.807, 2.05) is 45.2 Å². The highest BCUT2D eigenvalue weighted by Crippen LogP contribution is 2.26. The number of nitrogens with one attached hydrogen (secondary N) is 1. The maximum absolute atomic E-state index is 13.5. The molecule has 0 spiro atoms. The van der Waals surface area contributed by atoms with E-state index >= 15 is 0 Å². The molecule has 88 valence electrons. The number of rotatable bonds is 2. The lowest BCUT2D eigenvalue weighted by Crippen LogP contribution is -2.12. The van der Waals surface area contributed by atoms with Crippen LogP contribution in [0.2, 0.25) is 0 Å². The van der Waals surface area contributed by atoms with Gasteiger partial charge in [-0.3, -0.25) is 4.79 Å². The highest BCUT2D eigenvalue weighted by atomic mass is 127. The van der Waals surface area contributed by atoms with Crippen molar-refractivity contribution < 1.29 is 9.18 Å². The number of hydrogen-bond acceptors (Lipinski definition) is 3. The monoisotopic (exact) mass is 458 g/mol.